The molecule has 534 valence electrons. The lowest BCUT2D eigenvalue weighted by molar-refractivity contribution is 0.0217. The van der Waals surface area contributed by atoms with Gasteiger partial charge in [-0.1, -0.05) is 36.4 Å². The molecule has 0 atom stereocenters. The fourth-order valence-electron chi connectivity index (χ4n) is 8.13. The maximum atomic E-state index is 14.6. The van der Waals surface area contributed by atoms with E-state index in [0.717, 1.165) is 0 Å². The molecule has 0 aliphatic heterocycles. The molecule has 0 bridgehead atoms. The second-order valence-corrected chi connectivity index (χ2v) is 21.2. The number of nitrogens with two attached hydrogens (primary N) is 2. The number of hydrogen-bond acceptors (Lipinski definition) is 21. The number of nitrogens with zero attached hydrogens (tertiary/aromatic N) is 2. The standard InChI is InChI=1S/C23H20FN3O5.C18H17FO6.C17H17FN2O4.C7H16N2O2.C6H5NO2/c1-32-18-7-6-17(28)19(20(18)24)21(29)14-2-4-15(5-3-14)22(30)26-12-13-27-23(31)16-8-10-25-11-9-16;1-3-24-10-25-13-8-9-14(23-2)16(19)15(13)17(20)11-4-6-12(7-5-11)18(21)22;1-24-13-7-6-12(21)14(15(13)18)16(22)10-2-4-11(5-3-10)17(23)20-9-8-19;1-7(2,3)11-6(10)9-5-4-8;8-6(9)5-1-3-7-4-2-5/h2-11,28H,12-13H2,1H3,(H,26,30)(H,27,31);4-9H,3,10H2,1-2H3,(H,21,22);2-7,21H,8-9,19H2,1H3,(H,20,23);4-5,8H2,1-3H3,(H,9,10);1-4H,(H,8,9). The Morgan fingerprint density at radius 2 is 0.733 bits per heavy atom. The van der Waals surface area contributed by atoms with Crippen LogP contribution in [0.15, 0.2) is 158 Å². The van der Waals surface area contributed by atoms with Crippen LogP contribution < -0.4 is 51.7 Å². The Morgan fingerprint density at radius 3 is 1.09 bits per heavy atom. The van der Waals surface area contributed by atoms with E-state index in [1.165, 1.54) is 167 Å². The molecule has 101 heavy (non-hydrogen) atoms. The van der Waals surface area contributed by atoms with Crippen LogP contribution >= 0.6 is 0 Å². The van der Waals surface area contributed by atoms with E-state index in [0.29, 0.717) is 43.9 Å². The Bertz CT molecular complexity index is 4110. The number of phenolic OH excluding ortho intramolecular Hbond substituents is 2. The molecule has 2 heterocycles. The van der Waals surface area contributed by atoms with E-state index >= 15 is 0 Å². The van der Waals surface area contributed by atoms with Crippen LogP contribution in [0.4, 0.5) is 18.0 Å². The molecule has 30 heteroatoms. The van der Waals surface area contributed by atoms with Crippen molar-refractivity contribution in [3.8, 4) is 34.5 Å². The number of amides is 4. The molecule has 0 saturated heterocycles. The fraction of sp³-hybridized carbons (Fsp3) is 0.225. The third-order valence-corrected chi connectivity index (χ3v) is 13.1. The second kappa shape index (κ2) is 41.1. The number of carboxylic acid groups (broad SMARTS) is 2. The van der Waals surface area contributed by atoms with E-state index in [1.54, 1.807) is 19.1 Å². The Hall–Kier alpha value is -12.3. The van der Waals surface area contributed by atoms with Crippen molar-refractivity contribution in [2.45, 2.75) is 33.3 Å². The van der Waals surface area contributed by atoms with E-state index in [2.05, 4.69) is 31.2 Å². The number of carbonyl (C=O) groups excluding carboxylic acids is 7. The molecular formula is C71H75F3N8O19. The summed E-state index contributed by atoms with van der Waals surface area (Å²) in [5.74, 6) is -9.31. The van der Waals surface area contributed by atoms with Crippen LogP contribution in [-0.2, 0) is 9.47 Å². The van der Waals surface area contributed by atoms with Crippen molar-refractivity contribution in [1.82, 2.24) is 31.2 Å². The summed E-state index contributed by atoms with van der Waals surface area (Å²) in [6.07, 6.45) is 5.50. The number of aromatic nitrogens is 2. The highest BCUT2D eigenvalue weighted by atomic mass is 19.1. The topological polar surface area (TPSA) is 416 Å². The quantitative estimate of drug-likeness (QED) is 0.0146. The number of benzene rings is 6. The summed E-state index contributed by atoms with van der Waals surface area (Å²) in [5, 5.41) is 47.4. The number of aromatic carboxylic acids is 2. The Labute approximate surface area is 577 Å². The van der Waals surface area contributed by atoms with E-state index in [-0.39, 0.29) is 93.6 Å². The van der Waals surface area contributed by atoms with Gasteiger partial charge in [-0.3, -0.25) is 38.7 Å². The van der Waals surface area contributed by atoms with E-state index in [1.807, 2.05) is 20.8 Å². The zero-order valence-corrected chi connectivity index (χ0v) is 55.8. The number of ketones is 3. The first-order valence-corrected chi connectivity index (χ1v) is 30.3. The Morgan fingerprint density at radius 1 is 0.426 bits per heavy atom. The number of nitrogens with one attached hydrogen (secondary N) is 4. The monoisotopic (exact) mass is 1400 g/mol. The summed E-state index contributed by atoms with van der Waals surface area (Å²) in [5.41, 5.74) is 10.5. The summed E-state index contributed by atoms with van der Waals surface area (Å²) < 4.78 is 73.2. The van der Waals surface area contributed by atoms with Gasteiger partial charge in [0.1, 0.15) is 39.5 Å². The van der Waals surface area contributed by atoms with Crippen LogP contribution in [0.3, 0.4) is 0 Å². The number of halogens is 3. The molecule has 0 aliphatic rings. The van der Waals surface area contributed by atoms with Gasteiger partial charge < -0.3 is 81.6 Å². The summed E-state index contributed by atoms with van der Waals surface area (Å²) in [6, 6.07) is 30.0. The van der Waals surface area contributed by atoms with E-state index in [4.69, 9.17) is 50.1 Å². The first kappa shape index (κ1) is 81.2. The lowest BCUT2D eigenvalue weighted by Crippen LogP contribution is -2.35. The molecule has 8 aromatic rings. The third-order valence-electron chi connectivity index (χ3n) is 13.1. The van der Waals surface area contributed by atoms with Gasteiger partial charge in [0, 0.05) is 104 Å². The average Bonchev–Trinajstić information content (AvgIpc) is 0.810. The highest BCUT2D eigenvalue weighted by Crippen LogP contribution is 2.33. The highest BCUT2D eigenvalue weighted by molar-refractivity contribution is 6.13. The molecule has 4 amide bonds. The van der Waals surface area contributed by atoms with Gasteiger partial charge in [-0.15, -0.1) is 0 Å². The minimum absolute atomic E-state index is 0.0130. The number of methoxy groups -OCH3 is 3. The van der Waals surface area contributed by atoms with Crippen LogP contribution in [0.2, 0.25) is 0 Å². The number of carbonyl (C=O) groups is 9. The van der Waals surface area contributed by atoms with Crippen molar-refractivity contribution >= 4 is 53.1 Å². The number of ether oxygens (including phenoxy) is 6. The van der Waals surface area contributed by atoms with Crippen LogP contribution in [-0.4, -0.2) is 163 Å². The van der Waals surface area contributed by atoms with Gasteiger partial charge >= 0.3 is 18.0 Å². The summed E-state index contributed by atoms with van der Waals surface area (Å²) >= 11 is 0. The number of hydrogen-bond donors (Lipinski definition) is 10. The van der Waals surface area contributed by atoms with Crippen molar-refractivity contribution in [2.75, 3.05) is 74.0 Å². The van der Waals surface area contributed by atoms with Crippen LogP contribution in [0.5, 0.6) is 34.5 Å². The predicted molar refractivity (Wildman–Crippen MR) is 361 cm³/mol. The highest BCUT2D eigenvalue weighted by Gasteiger charge is 2.26. The molecule has 2 aromatic heterocycles. The fourth-order valence-corrected chi connectivity index (χ4v) is 8.13. The lowest BCUT2D eigenvalue weighted by Gasteiger charge is -2.19. The number of aromatic hydroxyl groups is 2. The largest absolute Gasteiger partial charge is 0.507 e. The molecule has 0 spiro atoms. The number of pyridine rings is 2. The number of phenols is 2. The third kappa shape index (κ3) is 25.3. The first-order valence-electron chi connectivity index (χ1n) is 30.3. The zero-order valence-electron chi connectivity index (χ0n) is 55.8. The minimum Gasteiger partial charge on any atom is -0.507 e. The van der Waals surface area contributed by atoms with Gasteiger partial charge in [-0.25, -0.2) is 27.6 Å². The van der Waals surface area contributed by atoms with Crippen molar-refractivity contribution in [3.05, 3.63) is 237 Å². The molecule has 8 rings (SSSR count). The average molecular weight is 1400 g/mol. The molecule has 0 saturated carbocycles. The molecule has 27 nitrogen and oxygen atoms in total. The number of alkyl carbamates (subject to hydrolysis) is 1. The van der Waals surface area contributed by atoms with Crippen molar-refractivity contribution in [3.63, 3.8) is 0 Å². The van der Waals surface area contributed by atoms with E-state index in [9.17, 15) is 66.5 Å². The van der Waals surface area contributed by atoms with Gasteiger partial charge in [-0.2, -0.15) is 0 Å². The second-order valence-electron chi connectivity index (χ2n) is 21.2. The smallest absolute Gasteiger partial charge is 0.407 e. The maximum absolute atomic E-state index is 14.6. The molecule has 0 fully saturated rings. The van der Waals surface area contributed by atoms with Crippen LogP contribution in [0.1, 0.15) is 127 Å². The Balaban J connectivity index is 0.000000285. The van der Waals surface area contributed by atoms with Crippen molar-refractivity contribution < 1.29 is 105 Å². The van der Waals surface area contributed by atoms with Crippen molar-refractivity contribution in [2.24, 2.45) is 11.5 Å². The van der Waals surface area contributed by atoms with Crippen molar-refractivity contribution in [1.29, 1.82) is 0 Å². The zero-order chi connectivity index (χ0) is 74.8. The van der Waals surface area contributed by atoms with Gasteiger partial charge in [-0.05, 0) is 125 Å². The SMILES string of the molecule is CC(C)(C)OC(=O)NCCN.CCOCOc1ccc(OC)c(F)c1C(=O)c1ccc(C(=O)O)cc1.COc1ccc(O)c(C(=O)c2ccc(C(=O)NCCN)cc2)c1F.COc1ccc(O)c(C(=O)c2ccc(C(=O)NCCNC(=O)c3ccncc3)cc2)c1F.O=C(O)c1ccncc1. The Kier molecular flexibility index (Phi) is 33.0. The van der Waals surface area contributed by atoms with Gasteiger partial charge in [0.05, 0.1) is 32.5 Å². The number of rotatable bonds is 25. The molecule has 0 radical (unpaired) electrons. The van der Waals surface area contributed by atoms with Gasteiger partial charge in [0.2, 0.25) is 0 Å². The molecule has 12 N–H and O–H groups in total. The normalized spacial score (nSPS) is 10.3. The minimum atomic E-state index is -1.12. The molecular weight excluding hydrogens is 1330 g/mol. The first-order chi connectivity index (χ1) is 48.2. The predicted octanol–water partition coefficient (Wildman–Crippen LogP) is 8.17. The molecule has 0 unspecified atom stereocenters. The van der Waals surface area contributed by atoms with Gasteiger partial charge in [0.15, 0.2) is 58.8 Å². The summed E-state index contributed by atoms with van der Waals surface area (Å²) in [7, 11) is 3.80. The molecule has 6 aromatic carbocycles. The molecule has 0 aliphatic carbocycles. The summed E-state index contributed by atoms with van der Waals surface area (Å²) in [4.78, 5) is 113. The maximum Gasteiger partial charge on any atom is 0.407 e. The van der Waals surface area contributed by atoms with Gasteiger partial charge in [0.25, 0.3) is 17.7 Å². The van der Waals surface area contributed by atoms with Crippen LogP contribution in [0.25, 0.3) is 0 Å². The summed E-state index contributed by atoms with van der Waals surface area (Å²) in [6.45, 7) is 9.43. The number of carboxylic acids is 2. The van der Waals surface area contributed by atoms with Crippen LogP contribution in [0, 0.1) is 17.5 Å². The lowest BCUT2D eigenvalue weighted by atomic mass is 10.00. The van der Waals surface area contributed by atoms with E-state index < -0.39 is 87.0 Å².